The van der Waals surface area contributed by atoms with Crippen molar-refractivity contribution in [3.63, 3.8) is 0 Å². The molecule has 0 unspecified atom stereocenters. The number of anilines is 1. The predicted molar refractivity (Wildman–Crippen MR) is 142 cm³/mol. The Kier molecular flexibility index (Phi) is 7.21. The summed E-state index contributed by atoms with van der Waals surface area (Å²) >= 11 is 0. The number of ether oxygens (including phenoxy) is 3. The fraction of sp³-hybridized carbons (Fsp3) is 0.250. The van der Waals surface area contributed by atoms with E-state index in [1.54, 1.807) is 20.5 Å². The molecule has 1 N–H and O–H groups in total. The fourth-order valence-electron chi connectivity index (χ4n) is 4.33. The monoisotopic (exact) mass is 499 g/mol. The molecule has 0 saturated carbocycles. The average Bonchev–Trinajstić information content (AvgIpc) is 2.96. The molecule has 1 aliphatic heterocycles. The molecule has 5 rings (SSSR count). The second-order valence-electron chi connectivity index (χ2n) is 8.61. The van der Waals surface area contributed by atoms with Crippen LogP contribution >= 0.6 is 0 Å². The third-order valence-electron chi connectivity index (χ3n) is 6.33. The summed E-state index contributed by atoms with van der Waals surface area (Å²) in [7, 11) is 3.21. The summed E-state index contributed by atoms with van der Waals surface area (Å²) in [5, 5.41) is 3.91. The Balaban J connectivity index is 1.16. The van der Waals surface area contributed by atoms with Crippen LogP contribution in [-0.2, 0) is 6.54 Å². The molecule has 0 bridgehead atoms. The first kappa shape index (κ1) is 24.2. The third kappa shape index (κ3) is 5.50. The molecular formula is C28H29N5O4. The largest absolute Gasteiger partial charge is 0.493 e. The number of carbonyl (C=O) groups excluding carboxylic acids is 1. The molecule has 190 valence electrons. The summed E-state index contributed by atoms with van der Waals surface area (Å²) in [4.78, 5) is 25.7. The zero-order valence-electron chi connectivity index (χ0n) is 20.9. The van der Waals surface area contributed by atoms with E-state index >= 15 is 0 Å². The van der Waals surface area contributed by atoms with Crippen LogP contribution in [0.3, 0.4) is 0 Å². The van der Waals surface area contributed by atoms with Gasteiger partial charge in [0.1, 0.15) is 23.6 Å². The fourth-order valence-corrected chi connectivity index (χ4v) is 4.33. The van der Waals surface area contributed by atoms with Crippen LogP contribution in [0.15, 0.2) is 73.1 Å². The van der Waals surface area contributed by atoms with Gasteiger partial charge in [-0.3, -0.25) is 0 Å². The van der Waals surface area contributed by atoms with E-state index in [-0.39, 0.29) is 6.03 Å². The number of aromatic nitrogens is 2. The highest BCUT2D eigenvalue weighted by Gasteiger charge is 2.23. The van der Waals surface area contributed by atoms with Crippen LogP contribution in [0.2, 0.25) is 0 Å². The maximum atomic E-state index is 12.8. The van der Waals surface area contributed by atoms with Gasteiger partial charge in [0.2, 0.25) is 0 Å². The van der Waals surface area contributed by atoms with Gasteiger partial charge < -0.3 is 29.3 Å². The van der Waals surface area contributed by atoms with Crippen LogP contribution in [0.5, 0.6) is 23.0 Å². The molecule has 1 aliphatic rings. The first-order chi connectivity index (χ1) is 18.1. The average molecular weight is 500 g/mol. The number of carbonyl (C=O) groups is 1. The highest BCUT2D eigenvalue weighted by molar-refractivity contribution is 5.92. The second kappa shape index (κ2) is 11.0. The van der Waals surface area contributed by atoms with Crippen LogP contribution in [0.1, 0.15) is 5.56 Å². The van der Waals surface area contributed by atoms with Crippen LogP contribution in [-0.4, -0.2) is 61.3 Å². The number of hydrogen-bond acceptors (Lipinski definition) is 7. The van der Waals surface area contributed by atoms with E-state index in [4.69, 9.17) is 14.2 Å². The van der Waals surface area contributed by atoms with E-state index in [1.807, 2.05) is 71.6 Å². The van der Waals surface area contributed by atoms with Gasteiger partial charge in [0.05, 0.1) is 19.7 Å². The quantitative estimate of drug-likeness (QED) is 0.401. The smallest absolute Gasteiger partial charge is 0.317 e. The molecule has 4 aromatic rings. The van der Waals surface area contributed by atoms with Gasteiger partial charge in [0.15, 0.2) is 11.5 Å². The van der Waals surface area contributed by atoms with Crippen molar-refractivity contribution in [2.24, 2.45) is 0 Å². The molecule has 0 radical (unpaired) electrons. The molecule has 1 saturated heterocycles. The van der Waals surface area contributed by atoms with Crippen LogP contribution < -0.4 is 24.4 Å². The number of benzene rings is 3. The minimum Gasteiger partial charge on any atom is -0.493 e. The Hall–Kier alpha value is -4.53. The maximum absolute atomic E-state index is 12.8. The minimum atomic E-state index is -0.0804. The third-order valence-corrected chi connectivity index (χ3v) is 6.33. The topological polar surface area (TPSA) is 89.1 Å². The van der Waals surface area contributed by atoms with E-state index in [2.05, 4.69) is 20.2 Å². The molecule has 3 aromatic carbocycles. The number of fused-ring (bicyclic) bond motifs is 1. The summed E-state index contributed by atoms with van der Waals surface area (Å²) in [6.45, 7) is 2.96. The van der Waals surface area contributed by atoms with Crippen LogP contribution in [0.25, 0.3) is 10.9 Å². The van der Waals surface area contributed by atoms with Crippen molar-refractivity contribution in [1.29, 1.82) is 0 Å². The Morgan fingerprint density at radius 3 is 2.24 bits per heavy atom. The highest BCUT2D eigenvalue weighted by Crippen LogP contribution is 2.35. The molecular weight excluding hydrogens is 470 g/mol. The van der Waals surface area contributed by atoms with Gasteiger partial charge in [-0.15, -0.1) is 0 Å². The van der Waals surface area contributed by atoms with E-state index in [0.717, 1.165) is 33.8 Å². The van der Waals surface area contributed by atoms with Gasteiger partial charge in [-0.05, 0) is 35.9 Å². The number of para-hydroxylation sites is 1. The normalized spacial score (nSPS) is 13.4. The van der Waals surface area contributed by atoms with Gasteiger partial charge in [0.25, 0.3) is 0 Å². The van der Waals surface area contributed by atoms with Crippen molar-refractivity contribution in [2.45, 2.75) is 6.54 Å². The van der Waals surface area contributed by atoms with E-state index in [9.17, 15) is 4.79 Å². The molecule has 1 aromatic heterocycles. The number of rotatable bonds is 7. The Morgan fingerprint density at radius 2 is 1.54 bits per heavy atom. The predicted octanol–water partition coefficient (Wildman–Crippen LogP) is 4.47. The number of urea groups is 1. The first-order valence-electron chi connectivity index (χ1n) is 12.1. The molecule has 2 amide bonds. The van der Waals surface area contributed by atoms with Gasteiger partial charge in [-0.2, -0.15) is 0 Å². The lowest BCUT2D eigenvalue weighted by molar-refractivity contribution is 0.194. The lowest BCUT2D eigenvalue weighted by Gasteiger charge is -2.35. The van der Waals surface area contributed by atoms with Crippen molar-refractivity contribution in [3.05, 3.63) is 78.6 Å². The number of nitrogens with zero attached hydrogens (tertiary/aromatic N) is 4. The van der Waals surface area contributed by atoms with Crippen LogP contribution in [0, 0.1) is 0 Å². The molecule has 37 heavy (non-hydrogen) atoms. The zero-order chi connectivity index (χ0) is 25.6. The van der Waals surface area contributed by atoms with Crippen molar-refractivity contribution in [1.82, 2.24) is 20.2 Å². The Labute approximate surface area is 215 Å². The summed E-state index contributed by atoms with van der Waals surface area (Å²) in [6, 6.07) is 21.0. The Morgan fingerprint density at radius 1 is 0.865 bits per heavy atom. The lowest BCUT2D eigenvalue weighted by Crippen LogP contribution is -2.52. The summed E-state index contributed by atoms with van der Waals surface area (Å²) in [5.41, 5.74) is 1.78. The standard InChI is InChI=1S/C28H29N5O4/c1-35-25-16-23-24(17-26(25)36-2)30-19-31-27(23)32-12-14-33(15-13-32)28(34)29-18-20-8-10-22(11-9-20)37-21-6-4-3-5-7-21/h3-11,16-17,19H,12-15,18H2,1-2H3,(H,29,34). The molecule has 9 heteroatoms. The second-order valence-corrected chi connectivity index (χ2v) is 8.61. The van der Waals surface area contributed by atoms with Gasteiger partial charge >= 0.3 is 6.03 Å². The van der Waals surface area contributed by atoms with Crippen LogP contribution in [0.4, 0.5) is 10.6 Å². The molecule has 0 spiro atoms. The minimum absolute atomic E-state index is 0.0804. The number of methoxy groups -OCH3 is 2. The lowest BCUT2D eigenvalue weighted by atomic mass is 10.2. The van der Waals surface area contributed by atoms with Gasteiger partial charge in [-0.25, -0.2) is 14.8 Å². The van der Waals surface area contributed by atoms with E-state index in [0.29, 0.717) is 44.2 Å². The van der Waals surface area contributed by atoms with Crippen molar-refractivity contribution >= 4 is 22.8 Å². The number of piperazine rings is 1. The maximum Gasteiger partial charge on any atom is 0.317 e. The van der Waals surface area contributed by atoms with Crippen molar-refractivity contribution in [3.8, 4) is 23.0 Å². The first-order valence-corrected chi connectivity index (χ1v) is 12.1. The van der Waals surface area contributed by atoms with E-state index in [1.165, 1.54) is 0 Å². The number of amides is 2. The van der Waals surface area contributed by atoms with Crippen molar-refractivity contribution < 1.29 is 19.0 Å². The number of nitrogens with one attached hydrogen (secondary N) is 1. The molecule has 9 nitrogen and oxygen atoms in total. The SMILES string of the molecule is COc1cc2ncnc(N3CCN(C(=O)NCc4ccc(Oc5ccccc5)cc4)CC3)c2cc1OC. The van der Waals surface area contributed by atoms with Gasteiger partial charge in [0, 0.05) is 44.2 Å². The number of hydrogen-bond donors (Lipinski definition) is 1. The van der Waals surface area contributed by atoms with Crippen molar-refractivity contribution in [2.75, 3.05) is 45.3 Å². The highest BCUT2D eigenvalue weighted by atomic mass is 16.5. The zero-order valence-corrected chi connectivity index (χ0v) is 20.9. The molecule has 0 aliphatic carbocycles. The summed E-state index contributed by atoms with van der Waals surface area (Å²) in [5.74, 6) is 3.62. The Bertz CT molecular complexity index is 1360. The summed E-state index contributed by atoms with van der Waals surface area (Å²) in [6.07, 6.45) is 1.55. The van der Waals surface area contributed by atoms with E-state index < -0.39 is 0 Å². The summed E-state index contributed by atoms with van der Waals surface area (Å²) < 4.78 is 16.7. The molecule has 1 fully saturated rings. The molecule has 0 atom stereocenters. The molecule has 2 heterocycles. The van der Waals surface area contributed by atoms with Gasteiger partial charge in [-0.1, -0.05) is 30.3 Å².